The molecule has 0 aromatic heterocycles. The third-order valence-electron chi connectivity index (χ3n) is 3.50. The second-order valence-electron chi connectivity index (χ2n) is 6.36. The van der Waals surface area contributed by atoms with Crippen molar-refractivity contribution in [3.05, 3.63) is 0 Å². The van der Waals surface area contributed by atoms with Crippen LogP contribution in [0.1, 0.15) is 0 Å². The Labute approximate surface area is 203 Å². The lowest BCUT2D eigenvalue weighted by Gasteiger charge is -2.48. The van der Waals surface area contributed by atoms with Gasteiger partial charge < -0.3 is 58.7 Å². The van der Waals surface area contributed by atoms with Crippen molar-refractivity contribution >= 4 is 57.6 Å². The van der Waals surface area contributed by atoms with Crippen molar-refractivity contribution < 1.29 is 109 Å². The number of rotatable bonds is 12. The third-order valence-corrected chi connectivity index (χ3v) is 6.86. The second kappa shape index (κ2) is 11.9. The Morgan fingerprint density at radius 1 is 0.361 bits per heavy atom. The van der Waals surface area contributed by atoms with Gasteiger partial charge in [-0.25, -0.2) is 22.8 Å². The molecule has 1 saturated carbocycles. The molecule has 0 aromatic rings. The Morgan fingerprint density at radius 2 is 0.500 bits per heavy atom. The van der Waals surface area contributed by atoms with Crippen molar-refractivity contribution in [2.24, 2.45) is 0 Å². The molecule has 1 fully saturated rings. The lowest BCUT2D eigenvalue weighted by atomic mass is 9.85. The van der Waals surface area contributed by atoms with Gasteiger partial charge in [-0.3, -0.25) is 27.1 Å². The highest BCUT2D eigenvalue weighted by Crippen LogP contribution is 2.57. The van der Waals surface area contributed by atoms with E-state index in [1.807, 2.05) is 0 Å². The lowest BCUT2D eigenvalue weighted by molar-refractivity contribution is -0.200. The molecule has 36 heavy (non-hydrogen) atoms. The molecule has 1 aliphatic carbocycles. The highest BCUT2D eigenvalue weighted by Gasteiger charge is 2.62. The maximum absolute atomic E-state index is 11.5. The van der Waals surface area contributed by atoms with E-state index in [2.05, 4.69) is 38.9 Å². The molecule has 0 bridgehead atoms. The molecule has 0 aromatic carbocycles. The molecular weight excluding hydrogens is 658 g/mol. The molecule has 1 aliphatic rings. The molecule has 0 spiro atoms. The van der Waals surface area contributed by atoms with E-state index in [0.29, 0.717) is 0 Å². The third kappa shape index (κ3) is 13.4. The summed E-state index contributed by atoms with van der Waals surface area (Å²) >= 11 is 4.12. The predicted molar refractivity (Wildman–Crippen MR) is 108 cm³/mol. The second-order valence-corrected chi connectivity index (χ2v) is 14.9. The summed E-state index contributed by atoms with van der Waals surface area (Å²) in [6, 6.07) is 0. The van der Waals surface area contributed by atoms with Gasteiger partial charge in [0.1, 0.15) is 36.6 Å². The van der Waals surface area contributed by atoms with E-state index in [4.69, 9.17) is 0 Å². The number of hydrogen-bond acceptors (Lipinski definition) is 12. The van der Waals surface area contributed by atoms with Crippen LogP contribution in [0.2, 0.25) is 0 Å². The first kappa shape index (κ1) is 35.1. The van der Waals surface area contributed by atoms with Crippen molar-refractivity contribution in [2.45, 2.75) is 36.6 Å². The van der Waals surface area contributed by atoms with Gasteiger partial charge in [0.05, 0.1) is 0 Å². The molecule has 0 heterocycles. The van der Waals surface area contributed by atoms with Gasteiger partial charge in [0.15, 0.2) is 0 Å². The summed E-state index contributed by atoms with van der Waals surface area (Å²) in [7, 11) is -29.8. The lowest BCUT2D eigenvalue weighted by Crippen LogP contribution is -2.66. The molecule has 30 heteroatoms. The topological polar surface area (TPSA) is 383 Å². The van der Waals surface area contributed by atoms with E-state index in [-0.39, 0.29) is 0 Å². The van der Waals surface area contributed by atoms with Crippen LogP contribution < -0.4 is 0 Å². The first-order valence-electron chi connectivity index (χ1n) is 8.01. The Hall–Kier alpha value is 1.08. The van der Waals surface area contributed by atoms with Crippen LogP contribution in [-0.4, -0.2) is 95.3 Å². The van der Waals surface area contributed by atoms with Gasteiger partial charge in [0.25, 0.3) is 0 Å². The zero-order chi connectivity index (χ0) is 28.7. The monoisotopic (exact) mass is 676 g/mol. The number of hydrogen-bond donors (Lipinski definition) is 12. The summed E-state index contributed by atoms with van der Waals surface area (Å²) in [6.45, 7) is -5.18. The standard InChI is InChI=1S/C6H18O23P6S/c7-30(8,9)24-1-2(25-31(10,11)12)4(27-33(16,17)18)6(29-35(22,23)36)5(28-34(19,20)21)3(1)26-32(13,14)15/h1-6H,(H2,7,8,9)(H2,10,11,12)(H2,13,14,15)(H2,16,17,18)(H2,19,20,21)(H2,22,23,36)/t1?,2-,3+,4-,5-,6?/m1/s1. The summed E-state index contributed by atoms with van der Waals surface area (Å²) in [6.07, 6.45) is -18.1. The normalized spacial score (nSPS) is 29.3. The van der Waals surface area contributed by atoms with Crippen molar-refractivity contribution in [2.75, 3.05) is 0 Å². The van der Waals surface area contributed by atoms with Gasteiger partial charge in [-0.2, -0.15) is 0 Å². The fraction of sp³-hybridized carbons (Fsp3) is 1.00. The smallest absolute Gasteiger partial charge is 0.325 e. The van der Waals surface area contributed by atoms with Gasteiger partial charge in [0, 0.05) is 0 Å². The van der Waals surface area contributed by atoms with Crippen LogP contribution in [0.5, 0.6) is 0 Å². The molecule has 2 unspecified atom stereocenters. The predicted octanol–water partition coefficient (Wildman–Crippen LogP) is -3.02. The maximum Gasteiger partial charge on any atom is 0.470 e. The zero-order valence-electron chi connectivity index (χ0n) is 16.4. The van der Waals surface area contributed by atoms with Crippen molar-refractivity contribution in [1.29, 1.82) is 0 Å². The molecule has 12 N–H and O–H groups in total. The van der Waals surface area contributed by atoms with E-state index >= 15 is 0 Å². The molecule has 0 aliphatic heterocycles. The minimum atomic E-state index is -5.97. The molecule has 0 radical (unpaired) electrons. The highest BCUT2D eigenvalue weighted by atomic mass is 32.5. The maximum atomic E-state index is 11.5. The van der Waals surface area contributed by atoms with Crippen molar-refractivity contribution in [3.8, 4) is 0 Å². The van der Waals surface area contributed by atoms with Crippen molar-refractivity contribution in [3.63, 3.8) is 0 Å². The largest absolute Gasteiger partial charge is 0.470 e. The van der Waals surface area contributed by atoms with E-state index in [0.717, 1.165) is 0 Å². The summed E-state index contributed by atoms with van der Waals surface area (Å²) < 4.78 is 82.7. The molecule has 0 saturated heterocycles. The van der Waals surface area contributed by atoms with Gasteiger partial charge >= 0.3 is 45.8 Å². The van der Waals surface area contributed by atoms with E-state index in [1.54, 1.807) is 0 Å². The Balaban J connectivity index is 4.04. The fourth-order valence-corrected chi connectivity index (χ4v) is 6.43. The first-order chi connectivity index (χ1) is 15.6. The summed E-state index contributed by atoms with van der Waals surface area (Å²) in [5, 5.41) is 0. The minimum absolute atomic E-state index is 2.93. The quantitative estimate of drug-likeness (QED) is 0.0915. The van der Waals surface area contributed by atoms with Gasteiger partial charge in [-0.15, -0.1) is 0 Å². The minimum Gasteiger partial charge on any atom is -0.325 e. The first-order valence-corrected chi connectivity index (χ1v) is 18.3. The van der Waals surface area contributed by atoms with Crippen LogP contribution in [0.25, 0.3) is 0 Å². The van der Waals surface area contributed by atoms with Crippen LogP contribution in [-0.2, 0) is 61.8 Å². The zero-order valence-corrected chi connectivity index (χ0v) is 22.6. The molecule has 216 valence electrons. The Kier molecular flexibility index (Phi) is 11.6. The van der Waals surface area contributed by atoms with Crippen LogP contribution in [0.3, 0.4) is 0 Å². The molecule has 6 atom stereocenters. The fourth-order valence-electron chi connectivity index (χ4n) is 2.79. The summed E-state index contributed by atoms with van der Waals surface area (Å²) in [4.78, 5) is 111. The highest BCUT2D eigenvalue weighted by molar-refractivity contribution is 8.06. The molecule has 23 nitrogen and oxygen atoms in total. The number of phosphoric acid groups is 5. The Bertz CT molecular complexity index is 824. The van der Waals surface area contributed by atoms with Crippen LogP contribution in [0.4, 0.5) is 0 Å². The summed E-state index contributed by atoms with van der Waals surface area (Å²) in [5.74, 6) is 0. The number of phosphoric ester groups is 5. The Morgan fingerprint density at radius 3 is 0.611 bits per heavy atom. The average Bonchev–Trinajstić information content (AvgIpc) is 2.51. The van der Waals surface area contributed by atoms with Gasteiger partial charge in [-0.1, -0.05) is 0 Å². The molecular formula is C6H18O23P6S. The van der Waals surface area contributed by atoms with E-state index < -0.39 is 82.5 Å². The molecule has 0 amide bonds. The van der Waals surface area contributed by atoms with Crippen LogP contribution in [0.15, 0.2) is 0 Å². The van der Waals surface area contributed by atoms with Crippen LogP contribution in [0, 0.1) is 0 Å². The van der Waals surface area contributed by atoms with E-state index in [1.165, 1.54) is 0 Å². The van der Waals surface area contributed by atoms with Crippen LogP contribution >= 0.6 is 45.8 Å². The SMILES string of the molecule is O=P(O)(O)OC1[C@@H](OP(=O)(O)O)[C@@H](OP(=O)(O)O)C(OP(O)(O)=S)[C@H](OP(=O)(O)O)[C@H]1OP(=O)(O)O. The van der Waals surface area contributed by atoms with Gasteiger partial charge in [-0.05, 0) is 11.8 Å². The molecule has 1 rings (SSSR count). The van der Waals surface area contributed by atoms with Gasteiger partial charge in [0.2, 0.25) is 0 Å². The summed E-state index contributed by atoms with van der Waals surface area (Å²) in [5.41, 5.74) is 0. The average molecular weight is 676 g/mol. The van der Waals surface area contributed by atoms with E-state index in [9.17, 15) is 81.5 Å². The van der Waals surface area contributed by atoms with Crippen molar-refractivity contribution in [1.82, 2.24) is 0 Å².